The Morgan fingerprint density at radius 2 is 1.86 bits per heavy atom. The Hall–Kier alpha value is -1.01. The van der Waals surface area contributed by atoms with E-state index in [1.165, 1.54) is 30.2 Å². The Labute approximate surface area is 190 Å². The van der Waals surface area contributed by atoms with Crippen LogP contribution in [0.25, 0.3) is 0 Å². The predicted octanol–water partition coefficient (Wildman–Crippen LogP) is 6.49. The van der Waals surface area contributed by atoms with Crippen molar-refractivity contribution in [2.24, 2.45) is 5.92 Å². The molecule has 2 fully saturated rings. The Kier molecular flexibility index (Phi) is 7.22. The second-order valence-corrected chi connectivity index (χ2v) is 10.5. The number of para-hydroxylation sites is 1. The molecule has 1 unspecified atom stereocenters. The number of piperidine rings is 1. The molecule has 0 N–H and O–H groups in total. The third-order valence-corrected chi connectivity index (χ3v) is 8.08. The molecular weight excluding hydrogens is 468 g/mol. The molecule has 0 bridgehead atoms. The first-order valence-corrected chi connectivity index (χ1v) is 12.3. The van der Waals surface area contributed by atoms with Crippen LogP contribution in [-0.2, 0) is 6.42 Å². The SMILES string of the molecule is O=C1SC(CCN2CCC(Cc3cc(Cl)ccc3Br)CC2)CN1c1ccccc1. The number of hydrogen-bond acceptors (Lipinski definition) is 3. The molecule has 1 amide bonds. The number of hydrogen-bond donors (Lipinski definition) is 0. The summed E-state index contributed by atoms with van der Waals surface area (Å²) >= 11 is 11.3. The number of anilines is 1. The number of halogens is 2. The number of thioether (sulfide) groups is 1. The van der Waals surface area contributed by atoms with Gasteiger partial charge in [-0.3, -0.25) is 4.79 Å². The summed E-state index contributed by atoms with van der Waals surface area (Å²) in [6, 6.07) is 16.1. The molecular formula is C23H26BrClN2OS. The maximum Gasteiger partial charge on any atom is 0.286 e. The zero-order valence-electron chi connectivity index (χ0n) is 16.4. The summed E-state index contributed by atoms with van der Waals surface area (Å²) in [5, 5.41) is 1.39. The molecule has 154 valence electrons. The van der Waals surface area contributed by atoms with Gasteiger partial charge in [-0.15, -0.1) is 0 Å². The highest BCUT2D eigenvalue weighted by atomic mass is 79.9. The fourth-order valence-electron chi connectivity index (χ4n) is 4.24. The third-order valence-electron chi connectivity index (χ3n) is 5.93. The molecule has 1 atom stereocenters. The van der Waals surface area contributed by atoms with Crippen LogP contribution < -0.4 is 4.90 Å². The van der Waals surface area contributed by atoms with E-state index in [0.29, 0.717) is 5.25 Å². The lowest BCUT2D eigenvalue weighted by Crippen LogP contribution is -2.36. The van der Waals surface area contributed by atoms with Crippen LogP contribution in [0.3, 0.4) is 0 Å². The van der Waals surface area contributed by atoms with E-state index in [1.807, 2.05) is 47.4 Å². The van der Waals surface area contributed by atoms with E-state index in [1.54, 1.807) is 0 Å². The van der Waals surface area contributed by atoms with Crippen LogP contribution in [0.1, 0.15) is 24.8 Å². The molecule has 2 aliphatic heterocycles. The average molecular weight is 494 g/mol. The first kappa shape index (κ1) is 21.2. The van der Waals surface area contributed by atoms with Gasteiger partial charge in [0.1, 0.15) is 0 Å². The maximum absolute atomic E-state index is 12.4. The standard InChI is InChI=1S/C23H26BrClN2OS/c24-22-7-6-19(25)15-18(22)14-17-8-11-26(12-9-17)13-10-21-16-27(23(28)29-21)20-4-2-1-3-5-20/h1-7,15,17,21H,8-14,16H2. The third kappa shape index (κ3) is 5.57. The molecule has 0 radical (unpaired) electrons. The highest BCUT2D eigenvalue weighted by molar-refractivity contribution is 9.10. The molecule has 2 aromatic carbocycles. The van der Waals surface area contributed by atoms with Gasteiger partial charge in [0, 0.05) is 27.0 Å². The van der Waals surface area contributed by atoms with Gasteiger partial charge in [0.2, 0.25) is 0 Å². The molecule has 2 saturated heterocycles. The predicted molar refractivity (Wildman–Crippen MR) is 127 cm³/mol. The van der Waals surface area contributed by atoms with Crippen molar-refractivity contribution >= 4 is 50.2 Å². The topological polar surface area (TPSA) is 23.6 Å². The zero-order valence-corrected chi connectivity index (χ0v) is 19.6. The largest absolute Gasteiger partial charge is 0.303 e. The van der Waals surface area contributed by atoms with E-state index >= 15 is 0 Å². The highest BCUT2D eigenvalue weighted by Gasteiger charge is 2.32. The molecule has 0 aromatic heterocycles. The van der Waals surface area contributed by atoms with Gasteiger partial charge in [-0.1, -0.05) is 57.5 Å². The fraction of sp³-hybridized carbons (Fsp3) is 0.435. The van der Waals surface area contributed by atoms with Crippen LogP contribution in [0, 0.1) is 5.92 Å². The number of carbonyl (C=O) groups excluding carboxylic acids is 1. The van der Waals surface area contributed by atoms with E-state index < -0.39 is 0 Å². The summed E-state index contributed by atoms with van der Waals surface area (Å²) in [7, 11) is 0. The summed E-state index contributed by atoms with van der Waals surface area (Å²) in [4.78, 5) is 16.9. The van der Waals surface area contributed by atoms with Crippen molar-refractivity contribution in [3.8, 4) is 0 Å². The Morgan fingerprint density at radius 3 is 2.62 bits per heavy atom. The second kappa shape index (κ2) is 9.86. The molecule has 2 aromatic rings. The van der Waals surface area contributed by atoms with Crippen molar-refractivity contribution < 1.29 is 4.79 Å². The van der Waals surface area contributed by atoms with Gasteiger partial charge >= 0.3 is 0 Å². The van der Waals surface area contributed by atoms with Crippen LogP contribution in [-0.4, -0.2) is 41.6 Å². The van der Waals surface area contributed by atoms with Crippen LogP contribution in [0.5, 0.6) is 0 Å². The minimum atomic E-state index is 0.187. The summed E-state index contributed by atoms with van der Waals surface area (Å²) in [6.07, 6.45) is 4.62. The zero-order chi connectivity index (χ0) is 20.2. The van der Waals surface area contributed by atoms with Gasteiger partial charge in [-0.2, -0.15) is 0 Å². The van der Waals surface area contributed by atoms with E-state index in [0.717, 1.165) is 60.1 Å². The molecule has 4 rings (SSSR count). The first-order valence-electron chi connectivity index (χ1n) is 10.3. The quantitative estimate of drug-likeness (QED) is 0.459. The normalized spacial score (nSPS) is 21.1. The number of rotatable bonds is 6. The van der Waals surface area contributed by atoms with Crippen molar-refractivity contribution in [2.45, 2.75) is 30.9 Å². The average Bonchev–Trinajstić information content (AvgIpc) is 3.11. The minimum Gasteiger partial charge on any atom is -0.303 e. The van der Waals surface area contributed by atoms with Crippen LogP contribution in [0.2, 0.25) is 5.02 Å². The lowest BCUT2D eigenvalue weighted by molar-refractivity contribution is 0.182. The molecule has 29 heavy (non-hydrogen) atoms. The van der Waals surface area contributed by atoms with Crippen LogP contribution >= 0.6 is 39.3 Å². The number of likely N-dealkylation sites (tertiary alicyclic amines) is 1. The van der Waals surface area contributed by atoms with Gasteiger partial charge in [-0.25, -0.2) is 0 Å². The summed E-state index contributed by atoms with van der Waals surface area (Å²) in [6.45, 7) is 4.21. The van der Waals surface area contributed by atoms with Crippen LogP contribution in [0.15, 0.2) is 53.0 Å². The summed E-state index contributed by atoms with van der Waals surface area (Å²) < 4.78 is 1.16. The van der Waals surface area contributed by atoms with Gasteiger partial charge in [-0.05, 0) is 87.1 Å². The number of amides is 1. The van der Waals surface area contributed by atoms with Gasteiger partial charge in [0.05, 0.1) is 0 Å². The monoisotopic (exact) mass is 492 g/mol. The molecule has 0 aliphatic carbocycles. The highest BCUT2D eigenvalue weighted by Crippen LogP contribution is 2.33. The Morgan fingerprint density at radius 1 is 1.10 bits per heavy atom. The van der Waals surface area contributed by atoms with Crippen molar-refractivity contribution in [3.63, 3.8) is 0 Å². The van der Waals surface area contributed by atoms with Crippen molar-refractivity contribution in [1.29, 1.82) is 0 Å². The van der Waals surface area contributed by atoms with E-state index in [2.05, 4.69) is 26.9 Å². The molecule has 2 aliphatic rings. The van der Waals surface area contributed by atoms with Gasteiger partial charge < -0.3 is 9.80 Å². The van der Waals surface area contributed by atoms with Crippen molar-refractivity contribution in [2.75, 3.05) is 31.1 Å². The Bertz CT molecular complexity index is 842. The molecule has 6 heteroatoms. The molecule has 3 nitrogen and oxygen atoms in total. The number of carbonyl (C=O) groups is 1. The molecule has 0 spiro atoms. The first-order chi connectivity index (χ1) is 14.1. The maximum atomic E-state index is 12.4. The number of nitrogens with zero attached hydrogens (tertiary/aromatic N) is 2. The fourth-order valence-corrected chi connectivity index (χ4v) is 5.88. The van der Waals surface area contributed by atoms with Crippen molar-refractivity contribution in [3.05, 3.63) is 63.6 Å². The lowest BCUT2D eigenvalue weighted by atomic mass is 9.90. The smallest absolute Gasteiger partial charge is 0.286 e. The molecule has 0 saturated carbocycles. The van der Waals surface area contributed by atoms with E-state index in [-0.39, 0.29) is 5.24 Å². The Balaban J connectivity index is 1.21. The lowest BCUT2D eigenvalue weighted by Gasteiger charge is -2.32. The summed E-state index contributed by atoms with van der Waals surface area (Å²) in [5.74, 6) is 0.719. The van der Waals surface area contributed by atoms with Gasteiger partial charge in [0.25, 0.3) is 5.24 Å². The van der Waals surface area contributed by atoms with E-state index in [4.69, 9.17) is 11.6 Å². The van der Waals surface area contributed by atoms with E-state index in [9.17, 15) is 4.79 Å². The van der Waals surface area contributed by atoms with Crippen LogP contribution in [0.4, 0.5) is 10.5 Å². The minimum absolute atomic E-state index is 0.187. The molecule has 2 heterocycles. The van der Waals surface area contributed by atoms with Crippen molar-refractivity contribution in [1.82, 2.24) is 4.90 Å². The number of benzene rings is 2. The van der Waals surface area contributed by atoms with Gasteiger partial charge in [0.15, 0.2) is 0 Å². The second-order valence-electron chi connectivity index (χ2n) is 7.97. The summed E-state index contributed by atoms with van der Waals surface area (Å²) in [5.41, 5.74) is 2.33.